The number of hydrogen-bond donors (Lipinski definition) is 1. The van der Waals surface area contributed by atoms with Crippen LogP contribution < -0.4 is 5.32 Å². The fraction of sp³-hybridized carbons (Fsp3) is 0. The van der Waals surface area contributed by atoms with E-state index in [1.165, 1.54) is 0 Å². The first-order valence-electron chi connectivity index (χ1n) is 6.92. The molecule has 0 fully saturated rings. The Morgan fingerprint density at radius 1 is 0.909 bits per heavy atom. The summed E-state index contributed by atoms with van der Waals surface area (Å²) in [5, 5.41) is 12.8. The molecule has 1 N–H and O–H groups in total. The molecule has 4 rings (SSSR count). The molecule has 0 saturated carbocycles. The third-order valence-corrected chi connectivity index (χ3v) is 3.57. The maximum atomic E-state index is 12.6. The highest BCUT2D eigenvalue weighted by atomic mass is 16.1. The zero-order chi connectivity index (χ0) is 14.9. The number of nitrogens with one attached hydrogen (secondary N) is 1. The second-order valence-corrected chi connectivity index (χ2v) is 4.93. The molecule has 0 aliphatic heterocycles. The number of nitrogens with zero attached hydrogens (tertiary/aromatic N) is 3. The predicted molar refractivity (Wildman–Crippen MR) is 84.9 cm³/mol. The van der Waals surface area contributed by atoms with Crippen LogP contribution in [0.3, 0.4) is 0 Å². The maximum Gasteiger partial charge on any atom is 0.258 e. The Labute approximate surface area is 126 Å². The standard InChI is InChI=1S/C17H12N4O/c22-16(14-9-5-7-12-6-1-2-8-13(12)14)18-17-20-19-15-10-3-4-11-21(15)17/h1-11H,(H,18,20,22). The molecular weight excluding hydrogens is 276 g/mol. The second kappa shape index (κ2) is 4.96. The van der Waals surface area contributed by atoms with E-state index in [9.17, 15) is 4.79 Å². The number of fused-ring (bicyclic) bond motifs is 2. The van der Waals surface area contributed by atoms with E-state index in [0.29, 0.717) is 17.2 Å². The van der Waals surface area contributed by atoms with Crippen LogP contribution >= 0.6 is 0 Å². The minimum atomic E-state index is -0.199. The van der Waals surface area contributed by atoms with Gasteiger partial charge in [0.05, 0.1) is 0 Å². The van der Waals surface area contributed by atoms with Gasteiger partial charge in [-0.1, -0.05) is 42.5 Å². The largest absolute Gasteiger partial charge is 0.290 e. The summed E-state index contributed by atoms with van der Waals surface area (Å²) >= 11 is 0. The molecule has 5 nitrogen and oxygen atoms in total. The van der Waals surface area contributed by atoms with E-state index in [4.69, 9.17) is 0 Å². The van der Waals surface area contributed by atoms with Gasteiger partial charge in [-0.3, -0.25) is 14.5 Å². The van der Waals surface area contributed by atoms with Crippen LogP contribution in [-0.4, -0.2) is 20.5 Å². The first-order valence-corrected chi connectivity index (χ1v) is 6.92. The van der Waals surface area contributed by atoms with Crippen LogP contribution in [0.4, 0.5) is 5.95 Å². The van der Waals surface area contributed by atoms with Crippen molar-refractivity contribution in [3.63, 3.8) is 0 Å². The lowest BCUT2D eigenvalue weighted by Crippen LogP contribution is -2.14. The summed E-state index contributed by atoms with van der Waals surface area (Å²) < 4.78 is 1.74. The number of amides is 1. The molecule has 0 aliphatic rings. The van der Waals surface area contributed by atoms with Crippen LogP contribution in [0.5, 0.6) is 0 Å². The van der Waals surface area contributed by atoms with Crippen molar-refractivity contribution in [2.24, 2.45) is 0 Å². The molecule has 106 valence electrons. The molecule has 0 atom stereocenters. The van der Waals surface area contributed by atoms with Gasteiger partial charge in [-0.2, -0.15) is 0 Å². The molecule has 2 heterocycles. The number of aromatic nitrogens is 3. The minimum Gasteiger partial charge on any atom is -0.290 e. The maximum absolute atomic E-state index is 12.6. The first-order chi connectivity index (χ1) is 10.8. The molecule has 22 heavy (non-hydrogen) atoms. The molecule has 0 bridgehead atoms. The Hall–Kier alpha value is -3.21. The first kappa shape index (κ1) is 12.5. The molecule has 0 aliphatic carbocycles. The fourth-order valence-corrected chi connectivity index (χ4v) is 2.52. The quantitative estimate of drug-likeness (QED) is 0.616. The molecule has 4 aromatic rings. The van der Waals surface area contributed by atoms with Gasteiger partial charge in [-0.05, 0) is 29.0 Å². The van der Waals surface area contributed by atoms with Gasteiger partial charge >= 0.3 is 0 Å². The summed E-state index contributed by atoms with van der Waals surface area (Å²) in [7, 11) is 0. The van der Waals surface area contributed by atoms with Crippen LogP contribution in [-0.2, 0) is 0 Å². The number of carbonyl (C=O) groups is 1. The number of rotatable bonds is 2. The minimum absolute atomic E-state index is 0.199. The van der Waals surface area contributed by atoms with Gasteiger partial charge in [0.25, 0.3) is 5.91 Å². The molecule has 0 radical (unpaired) electrons. The van der Waals surface area contributed by atoms with Crippen molar-refractivity contribution >= 4 is 28.3 Å². The fourth-order valence-electron chi connectivity index (χ4n) is 2.52. The van der Waals surface area contributed by atoms with Crippen molar-refractivity contribution in [1.29, 1.82) is 0 Å². The van der Waals surface area contributed by atoms with Crippen molar-refractivity contribution in [2.45, 2.75) is 0 Å². The van der Waals surface area contributed by atoms with Crippen molar-refractivity contribution in [3.05, 3.63) is 72.4 Å². The van der Waals surface area contributed by atoms with Gasteiger partial charge in [0.15, 0.2) is 5.65 Å². The molecule has 0 saturated heterocycles. The summed E-state index contributed by atoms with van der Waals surface area (Å²) in [5.41, 5.74) is 1.31. The van der Waals surface area contributed by atoms with E-state index < -0.39 is 0 Å². The topological polar surface area (TPSA) is 59.3 Å². The molecule has 0 spiro atoms. The monoisotopic (exact) mass is 288 g/mol. The Balaban J connectivity index is 1.75. The van der Waals surface area contributed by atoms with Crippen molar-refractivity contribution in [2.75, 3.05) is 5.32 Å². The average molecular weight is 288 g/mol. The Morgan fingerprint density at radius 2 is 1.73 bits per heavy atom. The summed E-state index contributed by atoms with van der Waals surface area (Å²) in [6.45, 7) is 0. The molecule has 5 heteroatoms. The number of pyridine rings is 1. The highest BCUT2D eigenvalue weighted by Crippen LogP contribution is 2.19. The number of benzene rings is 2. The van der Waals surface area contributed by atoms with Crippen LogP contribution in [0, 0.1) is 0 Å². The van der Waals surface area contributed by atoms with E-state index in [1.54, 1.807) is 10.5 Å². The van der Waals surface area contributed by atoms with Gasteiger partial charge in [0, 0.05) is 11.8 Å². The van der Waals surface area contributed by atoms with Crippen molar-refractivity contribution < 1.29 is 4.79 Å². The van der Waals surface area contributed by atoms with Gasteiger partial charge < -0.3 is 0 Å². The lowest BCUT2D eigenvalue weighted by Gasteiger charge is -2.06. The highest BCUT2D eigenvalue weighted by Gasteiger charge is 2.13. The van der Waals surface area contributed by atoms with Gasteiger partial charge in [-0.15, -0.1) is 10.2 Å². The van der Waals surface area contributed by atoms with Crippen LogP contribution in [0.2, 0.25) is 0 Å². The van der Waals surface area contributed by atoms with Crippen LogP contribution in [0.1, 0.15) is 10.4 Å². The highest BCUT2D eigenvalue weighted by molar-refractivity contribution is 6.12. The lowest BCUT2D eigenvalue weighted by atomic mass is 10.0. The molecule has 1 amide bonds. The van der Waals surface area contributed by atoms with E-state index >= 15 is 0 Å². The normalized spacial score (nSPS) is 10.9. The summed E-state index contributed by atoms with van der Waals surface area (Å²) in [4.78, 5) is 12.6. The van der Waals surface area contributed by atoms with E-state index in [-0.39, 0.29) is 5.91 Å². The third kappa shape index (κ3) is 2.00. The van der Waals surface area contributed by atoms with Gasteiger partial charge in [-0.25, -0.2) is 0 Å². The molecular formula is C17H12N4O. The summed E-state index contributed by atoms with van der Waals surface area (Å²) in [6, 6.07) is 19.0. The van der Waals surface area contributed by atoms with Crippen LogP contribution in [0.25, 0.3) is 16.4 Å². The number of hydrogen-bond acceptors (Lipinski definition) is 3. The smallest absolute Gasteiger partial charge is 0.258 e. The zero-order valence-electron chi connectivity index (χ0n) is 11.6. The summed E-state index contributed by atoms with van der Waals surface area (Å²) in [6.07, 6.45) is 1.81. The Kier molecular flexibility index (Phi) is 2.83. The van der Waals surface area contributed by atoms with Gasteiger partial charge in [0.1, 0.15) is 0 Å². The Morgan fingerprint density at radius 3 is 2.68 bits per heavy atom. The van der Waals surface area contributed by atoms with E-state index in [2.05, 4.69) is 15.5 Å². The SMILES string of the molecule is O=C(Nc1nnc2ccccn12)c1cccc2ccccc12. The van der Waals surface area contributed by atoms with Crippen LogP contribution in [0.15, 0.2) is 66.9 Å². The van der Waals surface area contributed by atoms with Crippen molar-refractivity contribution in [1.82, 2.24) is 14.6 Å². The third-order valence-electron chi connectivity index (χ3n) is 3.57. The average Bonchev–Trinajstić information content (AvgIpc) is 2.97. The predicted octanol–water partition coefficient (Wildman–Crippen LogP) is 3.13. The summed E-state index contributed by atoms with van der Waals surface area (Å²) in [5.74, 6) is 0.212. The number of carbonyl (C=O) groups excluding carboxylic acids is 1. The Bertz CT molecular complexity index is 985. The van der Waals surface area contributed by atoms with E-state index in [1.807, 2.05) is 60.8 Å². The van der Waals surface area contributed by atoms with E-state index in [0.717, 1.165) is 10.8 Å². The van der Waals surface area contributed by atoms with Gasteiger partial charge in [0.2, 0.25) is 5.95 Å². The molecule has 2 aromatic carbocycles. The lowest BCUT2D eigenvalue weighted by molar-refractivity contribution is 0.102. The zero-order valence-corrected chi connectivity index (χ0v) is 11.6. The molecule has 0 unspecified atom stereocenters. The second-order valence-electron chi connectivity index (χ2n) is 4.93. The number of anilines is 1. The van der Waals surface area contributed by atoms with Crippen molar-refractivity contribution in [3.8, 4) is 0 Å². The molecule has 2 aromatic heterocycles.